The van der Waals surface area contributed by atoms with Crippen molar-refractivity contribution in [2.75, 3.05) is 33.2 Å². The summed E-state index contributed by atoms with van der Waals surface area (Å²) in [4.78, 5) is 17.3. The molecular weight excluding hydrogens is 268 g/mol. The summed E-state index contributed by atoms with van der Waals surface area (Å²) in [6.45, 7) is 3.48. The maximum atomic E-state index is 12.4. The van der Waals surface area contributed by atoms with Crippen molar-refractivity contribution in [1.82, 2.24) is 9.80 Å². The summed E-state index contributed by atoms with van der Waals surface area (Å²) in [5, 5.41) is 0.496. The number of benzene rings is 1. The highest BCUT2D eigenvalue weighted by atomic mass is 35.5. The van der Waals surface area contributed by atoms with Gasteiger partial charge in [-0.1, -0.05) is 11.6 Å². The summed E-state index contributed by atoms with van der Waals surface area (Å²) in [5.74, 6) is 0.00574. The van der Waals surface area contributed by atoms with E-state index in [4.69, 9.17) is 11.6 Å². The fourth-order valence-corrected chi connectivity index (χ4v) is 2.50. The molecule has 1 aromatic carbocycles. The molecule has 3 nitrogen and oxygen atoms in total. The van der Waals surface area contributed by atoms with Gasteiger partial charge in [-0.25, -0.2) is 0 Å². The summed E-state index contributed by atoms with van der Waals surface area (Å²) >= 11 is 10.3. The van der Waals surface area contributed by atoms with Gasteiger partial charge in [-0.15, -0.1) is 12.6 Å². The number of rotatable bonds is 1. The quantitative estimate of drug-likeness (QED) is 0.801. The van der Waals surface area contributed by atoms with Crippen LogP contribution in [0.25, 0.3) is 0 Å². The van der Waals surface area contributed by atoms with Crippen LogP contribution in [0.15, 0.2) is 23.1 Å². The maximum absolute atomic E-state index is 12.4. The zero-order chi connectivity index (χ0) is 13.1. The summed E-state index contributed by atoms with van der Waals surface area (Å²) in [7, 11) is 2.08. The van der Waals surface area contributed by atoms with E-state index in [1.165, 1.54) is 0 Å². The topological polar surface area (TPSA) is 23.6 Å². The molecule has 5 heteroatoms. The largest absolute Gasteiger partial charge is 0.337 e. The number of halogens is 1. The molecule has 0 radical (unpaired) electrons. The molecule has 1 saturated heterocycles. The van der Waals surface area contributed by atoms with Crippen LogP contribution >= 0.6 is 24.2 Å². The molecule has 0 unspecified atom stereocenters. The smallest absolute Gasteiger partial charge is 0.255 e. The molecule has 0 bridgehead atoms. The van der Waals surface area contributed by atoms with Crippen molar-refractivity contribution < 1.29 is 4.79 Å². The van der Waals surface area contributed by atoms with Gasteiger partial charge in [0, 0.05) is 24.5 Å². The Bertz CT molecular complexity index is 453. The van der Waals surface area contributed by atoms with E-state index in [2.05, 4.69) is 24.6 Å². The van der Waals surface area contributed by atoms with Crippen LogP contribution in [0.4, 0.5) is 0 Å². The Balaban J connectivity index is 2.17. The van der Waals surface area contributed by atoms with Crippen molar-refractivity contribution in [3.63, 3.8) is 0 Å². The third-order valence-electron chi connectivity index (χ3n) is 3.19. The lowest BCUT2D eigenvalue weighted by atomic mass is 10.2. The van der Waals surface area contributed by atoms with Gasteiger partial charge < -0.3 is 9.80 Å². The van der Waals surface area contributed by atoms with Crippen molar-refractivity contribution >= 4 is 30.1 Å². The van der Waals surface area contributed by atoms with E-state index < -0.39 is 0 Å². The lowest BCUT2D eigenvalue weighted by Crippen LogP contribution is -2.34. The molecule has 0 saturated carbocycles. The minimum atomic E-state index is 0.00574. The molecule has 0 aromatic heterocycles. The average molecular weight is 285 g/mol. The van der Waals surface area contributed by atoms with Crippen LogP contribution in [0.1, 0.15) is 16.8 Å². The Kier molecular flexibility index (Phi) is 4.54. The van der Waals surface area contributed by atoms with E-state index in [0.29, 0.717) is 10.6 Å². The number of carbonyl (C=O) groups excluding carboxylic acids is 1. The van der Waals surface area contributed by atoms with E-state index in [1.54, 1.807) is 18.2 Å². The molecule has 1 aliphatic heterocycles. The monoisotopic (exact) mass is 284 g/mol. The highest BCUT2D eigenvalue weighted by Crippen LogP contribution is 2.21. The predicted octanol–water partition coefficient (Wildman–Crippen LogP) is 2.41. The summed E-state index contributed by atoms with van der Waals surface area (Å²) in [5.41, 5.74) is 0.550. The van der Waals surface area contributed by atoms with E-state index in [0.717, 1.165) is 37.5 Å². The third-order valence-corrected chi connectivity index (χ3v) is 3.79. The molecule has 0 N–H and O–H groups in total. The number of carbonyl (C=O) groups is 1. The van der Waals surface area contributed by atoms with E-state index in [9.17, 15) is 4.79 Å². The number of hydrogen-bond acceptors (Lipinski definition) is 3. The van der Waals surface area contributed by atoms with E-state index in [-0.39, 0.29) is 5.91 Å². The average Bonchev–Trinajstić information content (AvgIpc) is 2.56. The van der Waals surface area contributed by atoms with Crippen molar-refractivity contribution in [3.05, 3.63) is 28.8 Å². The zero-order valence-electron chi connectivity index (χ0n) is 10.4. The predicted molar refractivity (Wildman–Crippen MR) is 76.7 cm³/mol. The van der Waals surface area contributed by atoms with Crippen LogP contribution in [0.5, 0.6) is 0 Å². The number of amides is 1. The van der Waals surface area contributed by atoms with Crippen molar-refractivity contribution in [2.45, 2.75) is 11.3 Å². The van der Waals surface area contributed by atoms with Gasteiger partial charge in [-0.3, -0.25) is 4.79 Å². The Morgan fingerprint density at radius 2 is 2.06 bits per heavy atom. The van der Waals surface area contributed by atoms with Gasteiger partial charge in [0.05, 0.1) is 10.6 Å². The molecule has 0 spiro atoms. The molecular formula is C13H17ClN2OS. The first-order chi connectivity index (χ1) is 8.58. The second-order valence-electron chi connectivity index (χ2n) is 4.61. The maximum Gasteiger partial charge on any atom is 0.255 e. The van der Waals surface area contributed by atoms with Crippen molar-refractivity contribution in [2.24, 2.45) is 0 Å². The molecule has 1 fully saturated rings. The van der Waals surface area contributed by atoms with Crippen LogP contribution in [-0.2, 0) is 0 Å². The highest BCUT2D eigenvalue weighted by Gasteiger charge is 2.20. The van der Waals surface area contributed by atoms with Crippen molar-refractivity contribution in [1.29, 1.82) is 0 Å². The SMILES string of the molecule is CN1CCCN(C(=O)c2cc(S)ccc2Cl)CC1. The van der Waals surface area contributed by atoms with Crippen LogP contribution in [0.3, 0.4) is 0 Å². The van der Waals surface area contributed by atoms with E-state index >= 15 is 0 Å². The number of hydrogen-bond donors (Lipinski definition) is 1. The molecule has 1 heterocycles. The van der Waals surface area contributed by atoms with Gasteiger partial charge in [0.15, 0.2) is 0 Å². The highest BCUT2D eigenvalue weighted by molar-refractivity contribution is 7.80. The first-order valence-electron chi connectivity index (χ1n) is 6.04. The van der Waals surface area contributed by atoms with Crippen LogP contribution in [0, 0.1) is 0 Å². The summed E-state index contributed by atoms with van der Waals surface area (Å²) in [6.07, 6.45) is 1.00. The zero-order valence-corrected chi connectivity index (χ0v) is 12.0. The van der Waals surface area contributed by atoms with Gasteiger partial charge in [0.1, 0.15) is 0 Å². The van der Waals surface area contributed by atoms with Gasteiger partial charge in [-0.2, -0.15) is 0 Å². The number of thiol groups is 1. The lowest BCUT2D eigenvalue weighted by molar-refractivity contribution is 0.0762. The van der Waals surface area contributed by atoms with Crippen LogP contribution < -0.4 is 0 Å². The molecule has 2 rings (SSSR count). The molecule has 1 amide bonds. The molecule has 1 aliphatic rings. The Morgan fingerprint density at radius 3 is 2.83 bits per heavy atom. The minimum Gasteiger partial charge on any atom is -0.337 e. The Hall–Kier alpha value is -0.710. The molecule has 1 aromatic rings. The molecule has 98 valence electrons. The summed E-state index contributed by atoms with van der Waals surface area (Å²) in [6, 6.07) is 5.25. The summed E-state index contributed by atoms with van der Waals surface area (Å²) < 4.78 is 0. The fourth-order valence-electron chi connectivity index (χ4n) is 2.10. The first kappa shape index (κ1) is 13.7. The third kappa shape index (κ3) is 3.19. The Morgan fingerprint density at radius 1 is 1.28 bits per heavy atom. The second-order valence-corrected chi connectivity index (χ2v) is 5.54. The minimum absolute atomic E-state index is 0.00574. The van der Waals surface area contributed by atoms with Crippen molar-refractivity contribution in [3.8, 4) is 0 Å². The van der Waals surface area contributed by atoms with Gasteiger partial charge in [0.25, 0.3) is 5.91 Å². The lowest BCUT2D eigenvalue weighted by Gasteiger charge is -2.21. The van der Waals surface area contributed by atoms with Crippen LogP contribution in [0.2, 0.25) is 5.02 Å². The van der Waals surface area contributed by atoms with Gasteiger partial charge in [0.2, 0.25) is 0 Å². The van der Waals surface area contributed by atoms with Gasteiger partial charge >= 0.3 is 0 Å². The number of likely N-dealkylation sites (N-methyl/N-ethyl adjacent to an activating group) is 1. The standard InChI is InChI=1S/C13H17ClN2OS/c1-15-5-2-6-16(8-7-15)13(17)11-9-10(18)3-4-12(11)14/h3-4,9,18H,2,5-8H2,1H3. The molecule has 0 atom stereocenters. The second kappa shape index (κ2) is 5.95. The first-order valence-corrected chi connectivity index (χ1v) is 6.87. The normalized spacial score (nSPS) is 17.6. The molecule has 0 aliphatic carbocycles. The number of nitrogens with zero attached hydrogens (tertiary/aromatic N) is 2. The molecule has 18 heavy (non-hydrogen) atoms. The van der Waals surface area contributed by atoms with Crippen LogP contribution in [-0.4, -0.2) is 48.9 Å². The fraction of sp³-hybridized carbons (Fsp3) is 0.462. The van der Waals surface area contributed by atoms with Gasteiger partial charge in [-0.05, 0) is 38.2 Å². The Labute approximate surface area is 118 Å². The van der Waals surface area contributed by atoms with E-state index in [1.807, 2.05) is 4.90 Å².